The molecule has 1 fully saturated rings. The van der Waals surface area contributed by atoms with Crippen LogP contribution in [0.2, 0.25) is 0 Å². The minimum atomic E-state index is -0.465. The van der Waals surface area contributed by atoms with Crippen LogP contribution in [0, 0.1) is 24.5 Å². The quantitative estimate of drug-likeness (QED) is 0.264. The summed E-state index contributed by atoms with van der Waals surface area (Å²) in [5.41, 5.74) is 10.4. The lowest BCUT2D eigenvalue weighted by atomic mass is 9.80. The fourth-order valence-electron chi connectivity index (χ4n) is 4.75. The summed E-state index contributed by atoms with van der Waals surface area (Å²) >= 11 is 0. The molecular weight excluding hydrogens is 440 g/mol. The number of nitrogens with one attached hydrogen (secondary N) is 2. The third-order valence-electron chi connectivity index (χ3n) is 7.25. The Morgan fingerprint density at radius 1 is 1.20 bits per heavy atom. The van der Waals surface area contributed by atoms with Gasteiger partial charge in [0.05, 0.1) is 6.04 Å². The highest BCUT2D eigenvalue weighted by Gasteiger charge is 2.23. The van der Waals surface area contributed by atoms with E-state index in [1.54, 1.807) is 0 Å². The Bertz CT molecular complexity index is 1000. The number of hydrogen-bond donors (Lipinski definition) is 3. The Labute approximate surface area is 209 Å². The van der Waals surface area contributed by atoms with Crippen molar-refractivity contribution in [2.24, 2.45) is 11.7 Å². The van der Waals surface area contributed by atoms with E-state index in [0.717, 1.165) is 60.9 Å². The average molecular weight is 482 g/mol. The largest absolute Gasteiger partial charge is 0.388 e. The predicted molar refractivity (Wildman–Crippen MR) is 144 cm³/mol. The molecule has 0 spiro atoms. The van der Waals surface area contributed by atoms with Crippen LogP contribution >= 0.6 is 0 Å². The molecule has 4 N–H and O–H groups in total. The van der Waals surface area contributed by atoms with E-state index in [1.165, 1.54) is 12.1 Å². The van der Waals surface area contributed by atoms with Crippen molar-refractivity contribution in [2.45, 2.75) is 77.8 Å². The van der Waals surface area contributed by atoms with Gasteiger partial charge in [-0.2, -0.15) is 0 Å². The predicted octanol–water partition coefficient (Wildman–Crippen LogP) is 7.26. The molecule has 0 bridgehead atoms. The Balaban J connectivity index is 1.90. The van der Waals surface area contributed by atoms with Crippen LogP contribution in [0.25, 0.3) is 11.1 Å². The minimum Gasteiger partial charge on any atom is -0.388 e. The van der Waals surface area contributed by atoms with Crippen molar-refractivity contribution < 1.29 is 8.78 Å². The molecule has 2 aromatic rings. The highest BCUT2D eigenvalue weighted by Crippen LogP contribution is 2.36. The molecule has 1 aliphatic carbocycles. The van der Waals surface area contributed by atoms with Crippen LogP contribution in [-0.4, -0.2) is 18.6 Å². The Morgan fingerprint density at radius 3 is 2.46 bits per heavy atom. The maximum absolute atomic E-state index is 15.0. The molecule has 2 unspecified atom stereocenters. The van der Waals surface area contributed by atoms with Crippen LogP contribution in [0.3, 0.4) is 0 Å². The van der Waals surface area contributed by atoms with Crippen molar-refractivity contribution in [3.63, 3.8) is 0 Å². The van der Waals surface area contributed by atoms with Crippen LogP contribution < -0.4 is 16.4 Å². The zero-order valence-electron chi connectivity index (χ0n) is 21.5. The molecule has 2 atom stereocenters. The van der Waals surface area contributed by atoms with Gasteiger partial charge in [0.2, 0.25) is 0 Å². The normalized spacial score (nSPS) is 15.9. The minimum absolute atomic E-state index is 0.210. The molecule has 0 radical (unpaired) electrons. The Morgan fingerprint density at radius 2 is 1.91 bits per heavy atom. The molecule has 5 heteroatoms. The maximum Gasteiger partial charge on any atom is 0.129 e. The summed E-state index contributed by atoms with van der Waals surface area (Å²) in [5, 5.41) is 7.04. The lowest BCUT2D eigenvalue weighted by Gasteiger charge is -2.26. The van der Waals surface area contributed by atoms with Gasteiger partial charge >= 0.3 is 0 Å². The molecular formula is C30H41F2N3. The molecule has 190 valence electrons. The fourth-order valence-corrected chi connectivity index (χ4v) is 4.75. The van der Waals surface area contributed by atoms with E-state index in [4.69, 9.17) is 5.73 Å². The second-order valence-electron chi connectivity index (χ2n) is 9.76. The molecule has 0 amide bonds. The monoisotopic (exact) mass is 481 g/mol. The summed E-state index contributed by atoms with van der Waals surface area (Å²) in [6, 6.07) is 8.91. The number of benzene rings is 2. The molecule has 2 aromatic carbocycles. The molecule has 3 nitrogen and oxygen atoms in total. The molecule has 1 saturated carbocycles. The standard InChI is InChI=1S/C30H41F2N3/c1-5-10-24(6-2)34-19-23(18-33)29(7-3)35-30-20(4)11-8-14-25(30)22-16-27(31)26(28(32)17-22)15-21-12-9-13-21/h7-8,11,14,16-17,19,21,24,29,34-35H,3,5-6,9-10,12-13,15,18,33H2,1-2,4H3/b23-19+. The third-order valence-corrected chi connectivity index (χ3v) is 7.25. The lowest BCUT2D eigenvalue weighted by molar-refractivity contribution is 0.307. The third kappa shape index (κ3) is 6.72. The smallest absolute Gasteiger partial charge is 0.129 e. The Hall–Kier alpha value is -2.66. The van der Waals surface area contributed by atoms with Gasteiger partial charge in [0.25, 0.3) is 0 Å². The number of nitrogens with two attached hydrogens (primary N) is 1. The second-order valence-corrected chi connectivity index (χ2v) is 9.76. The number of anilines is 1. The highest BCUT2D eigenvalue weighted by atomic mass is 19.1. The summed E-state index contributed by atoms with van der Waals surface area (Å²) in [6.07, 6.45) is 10.8. The van der Waals surface area contributed by atoms with Gasteiger partial charge in [-0.3, -0.25) is 0 Å². The molecule has 0 heterocycles. The van der Waals surface area contributed by atoms with Gasteiger partial charge in [-0.05, 0) is 67.1 Å². The highest BCUT2D eigenvalue weighted by molar-refractivity contribution is 5.81. The van der Waals surface area contributed by atoms with Crippen molar-refractivity contribution in [3.8, 4) is 11.1 Å². The Kier molecular flexibility index (Phi) is 9.91. The van der Waals surface area contributed by atoms with Gasteiger partial charge in [-0.1, -0.05) is 63.8 Å². The van der Waals surface area contributed by atoms with E-state index in [1.807, 2.05) is 37.4 Å². The number of hydrogen-bond acceptors (Lipinski definition) is 3. The van der Waals surface area contributed by atoms with Crippen LogP contribution in [0.15, 0.2) is 54.8 Å². The fraction of sp³-hybridized carbons (Fsp3) is 0.467. The topological polar surface area (TPSA) is 50.1 Å². The van der Waals surface area contributed by atoms with E-state index in [-0.39, 0.29) is 11.6 Å². The first-order chi connectivity index (χ1) is 16.9. The molecule has 1 aliphatic rings. The van der Waals surface area contributed by atoms with E-state index in [2.05, 4.69) is 31.1 Å². The first kappa shape index (κ1) is 26.9. The summed E-state index contributed by atoms with van der Waals surface area (Å²) in [6.45, 7) is 10.7. The molecule has 0 saturated heterocycles. The first-order valence-electron chi connectivity index (χ1n) is 13.0. The number of rotatable bonds is 13. The van der Waals surface area contributed by atoms with E-state index in [0.29, 0.717) is 30.5 Å². The zero-order chi connectivity index (χ0) is 25.4. The van der Waals surface area contributed by atoms with E-state index in [9.17, 15) is 0 Å². The number of halogens is 2. The number of aryl methyl sites for hydroxylation is 1. The van der Waals surface area contributed by atoms with Crippen LogP contribution in [0.4, 0.5) is 14.5 Å². The second kappa shape index (κ2) is 12.9. The molecule has 35 heavy (non-hydrogen) atoms. The van der Waals surface area contributed by atoms with Gasteiger partial charge in [0.1, 0.15) is 11.6 Å². The van der Waals surface area contributed by atoms with Crippen LogP contribution in [-0.2, 0) is 6.42 Å². The van der Waals surface area contributed by atoms with E-state index < -0.39 is 11.6 Å². The lowest BCUT2D eigenvalue weighted by Crippen LogP contribution is -2.30. The van der Waals surface area contributed by atoms with Gasteiger partial charge < -0.3 is 16.4 Å². The summed E-state index contributed by atoms with van der Waals surface area (Å²) < 4.78 is 30.0. The first-order valence-corrected chi connectivity index (χ1v) is 13.0. The molecule has 0 aromatic heterocycles. The summed E-state index contributed by atoms with van der Waals surface area (Å²) in [4.78, 5) is 0. The summed E-state index contributed by atoms with van der Waals surface area (Å²) in [5.74, 6) is -0.532. The molecule has 3 rings (SSSR count). The van der Waals surface area contributed by atoms with Gasteiger partial charge in [0.15, 0.2) is 0 Å². The molecule has 0 aliphatic heterocycles. The average Bonchev–Trinajstić information content (AvgIpc) is 2.81. The van der Waals surface area contributed by atoms with Crippen LogP contribution in [0.1, 0.15) is 63.5 Å². The van der Waals surface area contributed by atoms with Gasteiger partial charge in [-0.25, -0.2) is 8.78 Å². The van der Waals surface area contributed by atoms with Crippen molar-refractivity contribution >= 4 is 5.69 Å². The van der Waals surface area contributed by atoms with Crippen molar-refractivity contribution in [1.29, 1.82) is 0 Å². The zero-order valence-corrected chi connectivity index (χ0v) is 21.5. The van der Waals surface area contributed by atoms with Crippen molar-refractivity contribution in [2.75, 3.05) is 11.9 Å². The van der Waals surface area contributed by atoms with Gasteiger partial charge in [0, 0.05) is 29.4 Å². The maximum atomic E-state index is 15.0. The van der Waals surface area contributed by atoms with Crippen molar-refractivity contribution in [3.05, 3.63) is 77.5 Å². The number of para-hydroxylation sites is 1. The van der Waals surface area contributed by atoms with Gasteiger partial charge in [-0.15, -0.1) is 6.58 Å². The van der Waals surface area contributed by atoms with E-state index >= 15 is 8.78 Å². The van der Waals surface area contributed by atoms with Crippen molar-refractivity contribution in [1.82, 2.24) is 5.32 Å². The SMILES string of the molecule is C=CC(Nc1c(C)cccc1-c1cc(F)c(CC2CCC2)c(F)c1)/C(=C/NC(CC)CCC)CN. The summed E-state index contributed by atoms with van der Waals surface area (Å²) in [7, 11) is 0. The van der Waals surface area contributed by atoms with Crippen LogP contribution in [0.5, 0.6) is 0 Å².